The molecule has 5 heteroatoms. The van der Waals surface area contributed by atoms with Crippen LogP contribution in [0.5, 0.6) is 11.5 Å². The van der Waals surface area contributed by atoms with Gasteiger partial charge >= 0.3 is 0 Å². The lowest BCUT2D eigenvalue weighted by molar-refractivity contribution is 0.171. The first kappa shape index (κ1) is 12.7. The number of ether oxygens (including phenoxy) is 2. The predicted octanol–water partition coefficient (Wildman–Crippen LogP) is 3.00. The second-order valence-electron chi connectivity index (χ2n) is 5.04. The van der Waals surface area contributed by atoms with Gasteiger partial charge in [0, 0.05) is 17.5 Å². The normalized spacial score (nSPS) is 21.4. The Bertz CT molecular complexity index is 502. The molecule has 0 bridgehead atoms. The van der Waals surface area contributed by atoms with E-state index in [1.54, 1.807) is 11.8 Å². The third kappa shape index (κ3) is 2.81. The lowest BCUT2D eigenvalue weighted by atomic mass is 10.1. The van der Waals surface area contributed by atoms with Crippen molar-refractivity contribution in [3.63, 3.8) is 0 Å². The number of nitrogens with one attached hydrogen (secondary N) is 1. The maximum Gasteiger partial charge on any atom is 0.163 e. The minimum Gasteiger partial charge on any atom is -0.486 e. The highest BCUT2D eigenvalue weighted by molar-refractivity contribution is 8.14. The third-order valence-corrected chi connectivity index (χ3v) is 4.23. The Hall–Kier alpha value is -1.36. The first-order valence-electron chi connectivity index (χ1n) is 6.59. The number of benzene rings is 1. The van der Waals surface area contributed by atoms with Crippen LogP contribution < -0.4 is 14.8 Å². The molecule has 0 aliphatic carbocycles. The molecule has 2 heterocycles. The van der Waals surface area contributed by atoms with Gasteiger partial charge in [0.2, 0.25) is 0 Å². The van der Waals surface area contributed by atoms with Crippen LogP contribution in [0.25, 0.3) is 0 Å². The number of rotatable bonds is 2. The molecule has 0 radical (unpaired) electrons. The number of hydrogen-bond acceptors (Lipinski definition) is 5. The summed E-state index contributed by atoms with van der Waals surface area (Å²) in [7, 11) is 0. The average Bonchev–Trinajstić information content (AvgIpc) is 2.87. The molecule has 0 aromatic heterocycles. The van der Waals surface area contributed by atoms with E-state index in [2.05, 4.69) is 19.2 Å². The van der Waals surface area contributed by atoms with E-state index in [1.807, 2.05) is 18.2 Å². The summed E-state index contributed by atoms with van der Waals surface area (Å²) in [6.45, 7) is 5.66. The molecule has 0 saturated carbocycles. The first-order valence-corrected chi connectivity index (χ1v) is 7.58. The van der Waals surface area contributed by atoms with E-state index in [4.69, 9.17) is 14.5 Å². The number of anilines is 1. The third-order valence-electron chi connectivity index (χ3n) is 3.24. The minimum atomic E-state index is 0.421. The maximum absolute atomic E-state index is 5.58. The molecule has 0 spiro atoms. The molecular weight excluding hydrogens is 260 g/mol. The van der Waals surface area contributed by atoms with Gasteiger partial charge in [-0.05, 0) is 18.1 Å². The Morgan fingerprint density at radius 2 is 2.05 bits per heavy atom. The Labute approximate surface area is 117 Å². The van der Waals surface area contributed by atoms with E-state index in [0.717, 1.165) is 28.1 Å². The van der Waals surface area contributed by atoms with Crippen LogP contribution in [0, 0.1) is 5.92 Å². The van der Waals surface area contributed by atoms with E-state index >= 15 is 0 Å². The zero-order valence-electron chi connectivity index (χ0n) is 11.2. The fourth-order valence-corrected chi connectivity index (χ4v) is 3.23. The minimum absolute atomic E-state index is 0.421. The molecule has 1 N–H and O–H groups in total. The summed E-state index contributed by atoms with van der Waals surface area (Å²) in [6.07, 6.45) is 0. The second-order valence-corrected chi connectivity index (χ2v) is 6.05. The second kappa shape index (κ2) is 5.33. The highest BCUT2D eigenvalue weighted by Gasteiger charge is 2.21. The van der Waals surface area contributed by atoms with Crippen molar-refractivity contribution in [3.8, 4) is 11.5 Å². The molecular formula is C14H18N2O2S. The summed E-state index contributed by atoms with van der Waals surface area (Å²) >= 11 is 1.78. The van der Waals surface area contributed by atoms with Crippen LogP contribution in [0.2, 0.25) is 0 Å². The van der Waals surface area contributed by atoms with Gasteiger partial charge in [0.1, 0.15) is 13.2 Å². The molecule has 3 rings (SSSR count). The van der Waals surface area contributed by atoms with Crippen LogP contribution in [0.4, 0.5) is 5.69 Å². The van der Waals surface area contributed by atoms with Gasteiger partial charge in [-0.2, -0.15) is 0 Å². The van der Waals surface area contributed by atoms with Gasteiger partial charge in [-0.25, -0.2) is 0 Å². The number of amidine groups is 1. The topological polar surface area (TPSA) is 42.8 Å². The predicted molar refractivity (Wildman–Crippen MR) is 79.6 cm³/mol. The van der Waals surface area contributed by atoms with Crippen molar-refractivity contribution in [2.24, 2.45) is 10.9 Å². The highest BCUT2D eigenvalue weighted by Crippen LogP contribution is 2.33. The summed E-state index contributed by atoms with van der Waals surface area (Å²) in [5.74, 6) is 3.27. The van der Waals surface area contributed by atoms with Crippen LogP contribution in [0.15, 0.2) is 23.2 Å². The summed E-state index contributed by atoms with van der Waals surface area (Å²) in [6, 6.07) is 6.33. The lowest BCUT2D eigenvalue weighted by Gasteiger charge is -2.19. The summed E-state index contributed by atoms with van der Waals surface area (Å²) in [5.41, 5.74) is 1.000. The van der Waals surface area contributed by atoms with Crippen molar-refractivity contribution in [3.05, 3.63) is 18.2 Å². The molecule has 1 atom stereocenters. The standard InChI is InChI=1S/C14H18N2O2S/c1-9(2)11-8-19-14(16-11)15-10-3-4-12-13(7-10)18-6-5-17-12/h3-4,7,9,11H,5-6,8H2,1-2H3,(H,15,16)/t11-/m1/s1. The highest BCUT2D eigenvalue weighted by atomic mass is 32.2. The van der Waals surface area contributed by atoms with E-state index in [9.17, 15) is 0 Å². The van der Waals surface area contributed by atoms with Crippen LogP contribution in [0.3, 0.4) is 0 Å². The van der Waals surface area contributed by atoms with Crippen molar-refractivity contribution in [2.75, 3.05) is 24.3 Å². The van der Waals surface area contributed by atoms with E-state index < -0.39 is 0 Å². The molecule has 2 aliphatic rings. The number of thioether (sulfide) groups is 1. The summed E-state index contributed by atoms with van der Waals surface area (Å²) < 4.78 is 11.1. The fourth-order valence-electron chi connectivity index (χ4n) is 2.04. The zero-order chi connectivity index (χ0) is 13.2. The van der Waals surface area contributed by atoms with Gasteiger partial charge in [0.15, 0.2) is 16.7 Å². The molecule has 19 heavy (non-hydrogen) atoms. The van der Waals surface area contributed by atoms with Crippen molar-refractivity contribution in [1.82, 2.24) is 0 Å². The molecule has 0 fully saturated rings. The van der Waals surface area contributed by atoms with Gasteiger partial charge in [0.25, 0.3) is 0 Å². The molecule has 4 nitrogen and oxygen atoms in total. The van der Waals surface area contributed by atoms with Crippen LogP contribution in [-0.2, 0) is 0 Å². The number of aliphatic imine (C=N–C) groups is 1. The van der Waals surface area contributed by atoms with Crippen molar-refractivity contribution in [1.29, 1.82) is 0 Å². The molecule has 2 aliphatic heterocycles. The summed E-state index contributed by atoms with van der Waals surface area (Å²) in [4.78, 5) is 4.69. The largest absolute Gasteiger partial charge is 0.486 e. The molecule has 0 unspecified atom stereocenters. The monoisotopic (exact) mass is 278 g/mol. The first-order chi connectivity index (χ1) is 9.22. The smallest absolute Gasteiger partial charge is 0.163 e. The van der Waals surface area contributed by atoms with Crippen LogP contribution in [0.1, 0.15) is 13.8 Å². The molecule has 0 saturated heterocycles. The van der Waals surface area contributed by atoms with Gasteiger partial charge in [-0.3, -0.25) is 4.99 Å². The molecule has 102 valence electrons. The van der Waals surface area contributed by atoms with Crippen molar-refractivity contribution >= 4 is 22.6 Å². The fraction of sp³-hybridized carbons (Fsp3) is 0.500. The Morgan fingerprint density at radius 3 is 2.79 bits per heavy atom. The van der Waals surface area contributed by atoms with Crippen LogP contribution in [-0.4, -0.2) is 30.2 Å². The molecule has 1 aromatic rings. The number of fused-ring (bicyclic) bond motifs is 1. The average molecular weight is 278 g/mol. The Kier molecular flexibility index (Phi) is 3.55. The summed E-state index contributed by atoms with van der Waals surface area (Å²) in [5, 5.41) is 4.35. The zero-order valence-corrected chi connectivity index (χ0v) is 12.0. The number of hydrogen-bond donors (Lipinski definition) is 1. The molecule has 1 aromatic carbocycles. The van der Waals surface area contributed by atoms with Gasteiger partial charge < -0.3 is 14.8 Å². The Balaban J connectivity index is 1.72. The van der Waals surface area contributed by atoms with E-state index in [0.29, 0.717) is 25.2 Å². The quantitative estimate of drug-likeness (QED) is 0.903. The Morgan fingerprint density at radius 1 is 1.26 bits per heavy atom. The van der Waals surface area contributed by atoms with Gasteiger partial charge in [0.05, 0.1) is 6.04 Å². The molecule has 0 amide bonds. The number of nitrogens with zero attached hydrogens (tertiary/aromatic N) is 1. The van der Waals surface area contributed by atoms with Crippen molar-refractivity contribution in [2.45, 2.75) is 19.9 Å². The lowest BCUT2D eigenvalue weighted by Crippen LogP contribution is -2.15. The van der Waals surface area contributed by atoms with Crippen LogP contribution >= 0.6 is 11.8 Å². The van der Waals surface area contributed by atoms with E-state index in [1.165, 1.54) is 0 Å². The SMILES string of the molecule is CC(C)[C@H]1CSC(Nc2ccc3c(c2)OCCO3)=N1. The van der Waals surface area contributed by atoms with Gasteiger partial charge in [-0.1, -0.05) is 25.6 Å². The van der Waals surface area contributed by atoms with E-state index in [-0.39, 0.29) is 0 Å². The van der Waals surface area contributed by atoms with Gasteiger partial charge in [-0.15, -0.1) is 0 Å². The maximum atomic E-state index is 5.58. The van der Waals surface area contributed by atoms with Crippen molar-refractivity contribution < 1.29 is 9.47 Å².